The second-order valence-corrected chi connectivity index (χ2v) is 6.36. The molecule has 152 valence electrons. The molecule has 8 heteroatoms. The van der Waals surface area contributed by atoms with Gasteiger partial charge < -0.3 is 20.1 Å². The van der Waals surface area contributed by atoms with E-state index in [1.54, 1.807) is 6.20 Å². The Morgan fingerprint density at radius 2 is 1.97 bits per heavy atom. The molecule has 0 unspecified atom stereocenters. The molecule has 1 aliphatic rings. The summed E-state index contributed by atoms with van der Waals surface area (Å²) in [5, 5.41) is 10.9. The van der Waals surface area contributed by atoms with Gasteiger partial charge in [-0.25, -0.2) is 9.67 Å². The standard InChI is InChI=1S/C21H23N5O2.HI/c1-2-22-21(24-14-17-7-8-19-20(12-17)28-15-27-19)23-13-16-5-3-6-18(11-16)26-10-4-9-25-26;/h3-12H,2,13-15H2,1H3,(H2,22,23,24);1H. The second-order valence-electron chi connectivity index (χ2n) is 6.36. The summed E-state index contributed by atoms with van der Waals surface area (Å²) in [5.74, 6) is 2.35. The van der Waals surface area contributed by atoms with E-state index in [1.807, 2.05) is 47.3 Å². The van der Waals surface area contributed by atoms with Gasteiger partial charge in [0.25, 0.3) is 0 Å². The summed E-state index contributed by atoms with van der Waals surface area (Å²) in [6, 6.07) is 16.1. The van der Waals surface area contributed by atoms with E-state index in [4.69, 9.17) is 14.5 Å². The fraction of sp³-hybridized carbons (Fsp3) is 0.238. The largest absolute Gasteiger partial charge is 0.454 e. The Morgan fingerprint density at radius 3 is 2.79 bits per heavy atom. The molecule has 2 N–H and O–H groups in total. The lowest BCUT2D eigenvalue weighted by Crippen LogP contribution is -2.36. The number of nitrogens with zero attached hydrogens (tertiary/aromatic N) is 3. The van der Waals surface area contributed by atoms with Crippen LogP contribution in [0.15, 0.2) is 65.9 Å². The molecule has 1 aliphatic heterocycles. The topological polar surface area (TPSA) is 72.7 Å². The average Bonchev–Trinajstić information content (AvgIpc) is 3.42. The van der Waals surface area contributed by atoms with E-state index in [9.17, 15) is 0 Å². The van der Waals surface area contributed by atoms with E-state index < -0.39 is 0 Å². The highest BCUT2D eigenvalue weighted by molar-refractivity contribution is 14.0. The molecule has 0 aliphatic carbocycles. The van der Waals surface area contributed by atoms with Crippen LogP contribution in [0.4, 0.5) is 0 Å². The molecule has 3 aromatic rings. The Hall–Kier alpha value is -2.75. The zero-order chi connectivity index (χ0) is 19.2. The smallest absolute Gasteiger partial charge is 0.231 e. The molecular formula is C21H24IN5O2. The minimum Gasteiger partial charge on any atom is -0.454 e. The normalized spacial score (nSPS) is 12.4. The molecule has 0 saturated heterocycles. The Morgan fingerprint density at radius 1 is 1.07 bits per heavy atom. The Balaban J connectivity index is 0.00000240. The van der Waals surface area contributed by atoms with Crippen LogP contribution in [-0.2, 0) is 13.1 Å². The summed E-state index contributed by atoms with van der Waals surface area (Å²) in [5.41, 5.74) is 3.25. The molecule has 29 heavy (non-hydrogen) atoms. The lowest BCUT2D eigenvalue weighted by atomic mass is 10.2. The van der Waals surface area contributed by atoms with E-state index in [1.165, 1.54) is 0 Å². The van der Waals surface area contributed by atoms with Crippen LogP contribution in [0.3, 0.4) is 0 Å². The van der Waals surface area contributed by atoms with Crippen molar-refractivity contribution in [3.05, 3.63) is 72.1 Å². The van der Waals surface area contributed by atoms with Crippen molar-refractivity contribution < 1.29 is 9.47 Å². The monoisotopic (exact) mass is 505 g/mol. The molecule has 0 bridgehead atoms. The summed E-state index contributed by atoms with van der Waals surface area (Å²) in [7, 11) is 0. The zero-order valence-corrected chi connectivity index (χ0v) is 18.5. The summed E-state index contributed by atoms with van der Waals surface area (Å²) >= 11 is 0. The number of hydrogen-bond donors (Lipinski definition) is 2. The lowest BCUT2D eigenvalue weighted by molar-refractivity contribution is 0.174. The highest BCUT2D eigenvalue weighted by atomic mass is 127. The quantitative estimate of drug-likeness (QED) is 0.305. The molecule has 0 atom stereocenters. The summed E-state index contributed by atoms with van der Waals surface area (Å²) < 4.78 is 12.6. The van der Waals surface area contributed by atoms with Crippen LogP contribution in [0, 0.1) is 0 Å². The number of aliphatic imine (C=N–C) groups is 1. The fourth-order valence-corrected chi connectivity index (χ4v) is 2.97. The number of nitrogens with one attached hydrogen (secondary N) is 2. The van der Waals surface area contributed by atoms with Gasteiger partial charge in [0.05, 0.1) is 12.2 Å². The molecule has 0 saturated carbocycles. The molecule has 0 amide bonds. The minimum atomic E-state index is 0. The van der Waals surface area contributed by atoms with Gasteiger partial charge in [0.15, 0.2) is 17.5 Å². The van der Waals surface area contributed by atoms with Gasteiger partial charge in [-0.2, -0.15) is 5.10 Å². The average molecular weight is 505 g/mol. The molecule has 7 nitrogen and oxygen atoms in total. The minimum absolute atomic E-state index is 0. The third kappa shape index (κ3) is 5.41. The Labute approximate surface area is 187 Å². The fourth-order valence-electron chi connectivity index (χ4n) is 2.97. The predicted molar refractivity (Wildman–Crippen MR) is 123 cm³/mol. The zero-order valence-electron chi connectivity index (χ0n) is 16.2. The number of guanidine groups is 1. The Bertz CT molecular complexity index is 959. The van der Waals surface area contributed by atoms with Gasteiger partial charge in [-0.1, -0.05) is 18.2 Å². The van der Waals surface area contributed by atoms with Crippen LogP contribution in [-0.4, -0.2) is 29.1 Å². The number of aromatic nitrogens is 2. The van der Waals surface area contributed by atoms with Crippen molar-refractivity contribution in [2.45, 2.75) is 20.0 Å². The van der Waals surface area contributed by atoms with Crippen molar-refractivity contribution in [2.24, 2.45) is 4.99 Å². The summed E-state index contributed by atoms with van der Waals surface area (Å²) in [6.07, 6.45) is 3.70. The van der Waals surface area contributed by atoms with Crippen molar-refractivity contribution in [1.82, 2.24) is 20.4 Å². The van der Waals surface area contributed by atoms with Crippen LogP contribution in [0.1, 0.15) is 18.1 Å². The van der Waals surface area contributed by atoms with Crippen molar-refractivity contribution in [3.63, 3.8) is 0 Å². The highest BCUT2D eigenvalue weighted by Crippen LogP contribution is 2.32. The number of rotatable bonds is 6. The van der Waals surface area contributed by atoms with Gasteiger partial charge >= 0.3 is 0 Å². The molecule has 1 aromatic heterocycles. The molecule has 0 radical (unpaired) electrons. The van der Waals surface area contributed by atoms with E-state index in [0.717, 1.165) is 40.8 Å². The summed E-state index contributed by atoms with van der Waals surface area (Å²) in [6.45, 7) is 4.35. The third-order valence-electron chi connectivity index (χ3n) is 4.34. The van der Waals surface area contributed by atoms with Crippen LogP contribution < -0.4 is 20.1 Å². The predicted octanol–water partition coefficient (Wildman–Crippen LogP) is 3.47. The van der Waals surface area contributed by atoms with Gasteiger partial charge in [0.1, 0.15) is 0 Å². The van der Waals surface area contributed by atoms with Crippen molar-refractivity contribution in [3.8, 4) is 17.2 Å². The van der Waals surface area contributed by atoms with Crippen molar-refractivity contribution >= 4 is 29.9 Å². The first-order chi connectivity index (χ1) is 13.8. The van der Waals surface area contributed by atoms with Crippen LogP contribution in [0.25, 0.3) is 5.69 Å². The molecular weight excluding hydrogens is 481 g/mol. The molecule has 4 rings (SSSR count). The maximum absolute atomic E-state index is 5.44. The molecule has 0 fully saturated rings. The molecule has 2 aromatic carbocycles. The van der Waals surface area contributed by atoms with Gasteiger partial charge in [-0.3, -0.25) is 0 Å². The van der Waals surface area contributed by atoms with Crippen molar-refractivity contribution in [2.75, 3.05) is 13.3 Å². The van der Waals surface area contributed by atoms with Crippen LogP contribution in [0.5, 0.6) is 11.5 Å². The maximum Gasteiger partial charge on any atom is 0.231 e. The Kier molecular flexibility index (Phi) is 7.34. The summed E-state index contributed by atoms with van der Waals surface area (Å²) in [4.78, 5) is 4.70. The van der Waals surface area contributed by atoms with Crippen molar-refractivity contribution in [1.29, 1.82) is 0 Å². The van der Waals surface area contributed by atoms with Crippen LogP contribution in [0.2, 0.25) is 0 Å². The first-order valence-corrected chi connectivity index (χ1v) is 9.31. The van der Waals surface area contributed by atoms with Gasteiger partial charge in [-0.05, 0) is 48.4 Å². The van der Waals surface area contributed by atoms with E-state index >= 15 is 0 Å². The molecule has 2 heterocycles. The SMILES string of the molecule is CCNC(=NCc1cccc(-n2cccn2)c1)NCc1ccc2c(c1)OCO2.I. The number of fused-ring (bicyclic) bond motifs is 1. The second kappa shape index (κ2) is 10.1. The lowest BCUT2D eigenvalue weighted by Gasteiger charge is -2.12. The number of halogens is 1. The van der Waals surface area contributed by atoms with Crippen LogP contribution >= 0.6 is 24.0 Å². The number of ether oxygens (including phenoxy) is 2. The van der Waals surface area contributed by atoms with Gasteiger partial charge in [0, 0.05) is 25.5 Å². The van der Waals surface area contributed by atoms with E-state index in [0.29, 0.717) is 13.1 Å². The first-order valence-electron chi connectivity index (χ1n) is 9.31. The van der Waals surface area contributed by atoms with Gasteiger partial charge in [-0.15, -0.1) is 24.0 Å². The molecule has 0 spiro atoms. The van der Waals surface area contributed by atoms with E-state index in [-0.39, 0.29) is 30.8 Å². The third-order valence-corrected chi connectivity index (χ3v) is 4.34. The van der Waals surface area contributed by atoms with E-state index in [2.05, 4.69) is 34.8 Å². The van der Waals surface area contributed by atoms with Gasteiger partial charge in [0.2, 0.25) is 6.79 Å². The number of benzene rings is 2. The first kappa shape index (κ1) is 21.0. The maximum atomic E-state index is 5.44. The highest BCUT2D eigenvalue weighted by Gasteiger charge is 2.13. The number of hydrogen-bond acceptors (Lipinski definition) is 4.